The molecule has 0 spiro atoms. The van der Waals surface area contributed by atoms with Crippen molar-refractivity contribution in [2.45, 2.75) is 6.61 Å². The fourth-order valence-electron chi connectivity index (χ4n) is 1.43. The van der Waals surface area contributed by atoms with Crippen molar-refractivity contribution in [3.63, 3.8) is 0 Å². The van der Waals surface area contributed by atoms with Crippen molar-refractivity contribution in [3.05, 3.63) is 29.8 Å². The maximum Gasteiger partial charge on any atom is 0.118 e. The number of benzene rings is 1. The first-order chi connectivity index (χ1) is 9.36. The van der Waals surface area contributed by atoms with Crippen LogP contribution >= 0.6 is 0 Å². The Morgan fingerprint density at radius 3 is 2.00 bits per heavy atom. The van der Waals surface area contributed by atoms with Gasteiger partial charge in [0.2, 0.25) is 0 Å². The van der Waals surface area contributed by atoms with Crippen molar-refractivity contribution >= 4 is 0 Å². The molecule has 0 heterocycles. The highest BCUT2D eigenvalue weighted by molar-refractivity contribution is 5.26. The highest BCUT2D eigenvalue weighted by atomic mass is 16.5. The number of hydrogen-bond acceptors (Lipinski definition) is 5. The van der Waals surface area contributed by atoms with Gasteiger partial charge in [-0.15, -0.1) is 0 Å². The van der Waals surface area contributed by atoms with Crippen LogP contribution in [0.15, 0.2) is 24.3 Å². The second kappa shape index (κ2) is 10.8. The molecule has 0 aromatic heterocycles. The number of rotatable bonds is 11. The predicted molar refractivity (Wildman–Crippen MR) is 73.3 cm³/mol. The first-order valence-electron chi connectivity index (χ1n) is 6.43. The van der Waals surface area contributed by atoms with Crippen molar-refractivity contribution in [3.8, 4) is 5.75 Å². The van der Waals surface area contributed by atoms with E-state index in [1.54, 1.807) is 7.11 Å². The lowest BCUT2D eigenvalue weighted by Crippen LogP contribution is -2.13. The number of ether oxygens (including phenoxy) is 4. The third kappa shape index (κ3) is 7.79. The quantitative estimate of drug-likeness (QED) is 0.612. The van der Waals surface area contributed by atoms with Crippen molar-refractivity contribution in [2.24, 2.45) is 5.73 Å². The maximum absolute atomic E-state index is 5.49. The zero-order valence-corrected chi connectivity index (χ0v) is 11.5. The molecule has 2 N–H and O–H groups in total. The smallest absolute Gasteiger partial charge is 0.118 e. The van der Waals surface area contributed by atoms with E-state index >= 15 is 0 Å². The Morgan fingerprint density at radius 1 is 0.842 bits per heavy atom. The lowest BCUT2D eigenvalue weighted by atomic mass is 10.2. The summed E-state index contributed by atoms with van der Waals surface area (Å²) in [4.78, 5) is 0. The Balaban J connectivity index is 1.95. The minimum absolute atomic E-state index is 0.547. The average Bonchev–Trinajstić information content (AvgIpc) is 2.46. The molecule has 5 heteroatoms. The fourth-order valence-corrected chi connectivity index (χ4v) is 1.43. The van der Waals surface area contributed by atoms with Gasteiger partial charge in [-0.1, -0.05) is 12.1 Å². The van der Waals surface area contributed by atoms with Gasteiger partial charge in [0.25, 0.3) is 0 Å². The van der Waals surface area contributed by atoms with Crippen molar-refractivity contribution in [1.29, 1.82) is 0 Å². The third-order valence-corrected chi connectivity index (χ3v) is 2.43. The van der Waals surface area contributed by atoms with E-state index in [4.69, 9.17) is 24.7 Å². The second-order valence-electron chi connectivity index (χ2n) is 3.91. The molecule has 1 aromatic rings. The first-order valence-corrected chi connectivity index (χ1v) is 6.43. The average molecular weight is 269 g/mol. The molecular formula is C14H23NO4. The molecule has 0 aliphatic rings. The van der Waals surface area contributed by atoms with Gasteiger partial charge in [-0.25, -0.2) is 0 Å². The van der Waals surface area contributed by atoms with Crippen LogP contribution in [-0.4, -0.2) is 46.7 Å². The lowest BCUT2D eigenvalue weighted by molar-refractivity contribution is 0.0119. The Bertz CT molecular complexity index is 316. The monoisotopic (exact) mass is 269 g/mol. The third-order valence-electron chi connectivity index (χ3n) is 2.43. The molecule has 0 radical (unpaired) electrons. The van der Waals surface area contributed by atoms with Gasteiger partial charge in [0, 0.05) is 6.54 Å². The van der Waals surface area contributed by atoms with Crippen LogP contribution in [0.5, 0.6) is 5.75 Å². The summed E-state index contributed by atoms with van der Waals surface area (Å²) in [5.74, 6) is 0.851. The van der Waals surface area contributed by atoms with E-state index in [9.17, 15) is 0 Å². The van der Waals surface area contributed by atoms with E-state index in [0.717, 1.165) is 11.3 Å². The molecule has 0 saturated carbocycles. The van der Waals surface area contributed by atoms with Crippen molar-refractivity contribution in [2.75, 3.05) is 46.7 Å². The zero-order valence-electron chi connectivity index (χ0n) is 11.5. The van der Waals surface area contributed by atoms with Gasteiger partial charge in [0.15, 0.2) is 0 Å². The summed E-state index contributed by atoms with van der Waals surface area (Å²) in [5.41, 5.74) is 6.41. The highest BCUT2D eigenvalue weighted by Gasteiger charge is 1.95. The van der Waals surface area contributed by atoms with Crippen molar-refractivity contribution in [1.82, 2.24) is 0 Å². The van der Waals surface area contributed by atoms with Gasteiger partial charge < -0.3 is 24.7 Å². The van der Waals surface area contributed by atoms with Crippen LogP contribution in [0, 0.1) is 0 Å². The number of hydrogen-bond donors (Lipinski definition) is 1. The summed E-state index contributed by atoms with van der Waals surface area (Å²) in [7, 11) is 1.65. The molecule has 5 nitrogen and oxygen atoms in total. The summed E-state index contributed by atoms with van der Waals surface area (Å²) >= 11 is 0. The molecule has 1 rings (SSSR count). The van der Waals surface area contributed by atoms with E-state index in [0.29, 0.717) is 46.2 Å². The van der Waals surface area contributed by atoms with Gasteiger partial charge in [-0.2, -0.15) is 0 Å². The highest BCUT2D eigenvalue weighted by Crippen LogP contribution is 2.11. The maximum atomic E-state index is 5.49. The summed E-state index contributed by atoms with van der Waals surface area (Å²) in [6, 6.07) is 7.81. The molecule has 0 bridgehead atoms. The van der Waals surface area contributed by atoms with Gasteiger partial charge in [0.05, 0.1) is 46.8 Å². The van der Waals surface area contributed by atoms with E-state index in [-0.39, 0.29) is 0 Å². The van der Waals surface area contributed by atoms with Crippen LogP contribution in [-0.2, 0) is 20.8 Å². The van der Waals surface area contributed by atoms with Crippen LogP contribution < -0.4 is 10.5 Å². The summed E-state index contributed by atoms with van der Waals surface area (Å²) in [6.45, 7) is 4.01. The largest absolute Gasteiger partial charge is 0.497 e. The topological polar surface area (TPSA) is 62.9 Å². The number of methoxy groups -OCH3 is 1. The normalized spacial score (nSPS) is 10.6. The van der Waals surface area contributed by atoms with E-state index in [1.807, 2.05) is 24.3 Å². The Labute approximate surface area is 114 Å². The molecule has 0 unspecified atom stereocenters. The van der Waals surface area contributed by atoms with Gasteiger partial charge in [0.1, 0.15) is 5.75 Å². The fraction of sp³-hybridized carbons (Fsp3) is 0.571. The van der Waals surface area contributed by atoms with Crippen LogP contribution in [0.1, 0.15) is 5.56 Å². The standard InChI is InChI=1S/C14H23NO4/c1-16-14-4-2-13(3-5-14)12-19-11-10-18-9-8-17-7-6-15/h2-5H,6-12,15H2,1H3. The van der Waals surface area contributed by atoms with Crippen LogP contribution in [0.3, 0.4) is 0 Å². The molecule has 19 heavy (non-hydrogen) atoms. The molecule has 0 aliphatic heterocycles. The molecule has 0 fully saturated rings. The predicted octanol–water partition coefficient (Wildman–Crippen LogP) is 1.20. The zero-order chi connectivity index (χ0) is 13.8. The lowest BCUT2D eigenvalue weighted by Gasteiger charge is -2.07. The van der Waals surface area contributed by atoms with Crippen LogP contribution in [0.4, 0.5) is 0 Å². The first kappa shape index (κ1) is 15.9. The number of nitrogens with two attached hydrogens (primary N) is 1. The van der Waals surface area contributed by atoms with Gasteiger partial charge >= 0.3 is 0 Å². The van der Waals surface area contributed by atoms with E-state index in [1.165, 1.54) is 0 Å². The molecule has 108 valence electrons. The molecule has 1 aromatic carbocycles. The molecular weight excluding hydrogens is 246 g/mol. The van der Waals surface area contributed by atoms with Crippen molar-refractivity contribution < 1.29 is 18.9 Å². The Kier molecular flexibility index (Phi) is 9.01. The SMILES string of the molecule is COc1ccc(COCCOCCOCCN)cc1. The van der Waals surface area contributed by atoms with Gasteiger partial charge in [-0.3, -0.25) is 0 Å². The summed E-state index contributed by atoms with van der Waals surface area (Å²) < 4.78 is 21.1. The molecule has 0 atom stereocenters. The molecule has 0 aliphatic carbocycles. The van der Waals surface area contributed by atoms with Crippen LogP contribution in [0.25, 0.3) is 0 Å². The molecule has 0 saturated heterocycles. The van der Waals surface area contributed by atoms with Gasteiger partial charge in [-0.05, 0) is 17.7 Å². The summed E-state index contributed by atoms with van der Waals surface area (Å²) in [6.07, 6.45) is 0. The molecule has 0 amide bonds. The second-order valence-corrected chi connectivity index (χ2v) is 3.91. The minimum Gasteiger partial charge on any atom is -0.497 e. The van der Waals surface area contributed by atoms with E-state index in [2.05, 4.69) is 0 Å². The van der Waals surface area contributed by atoms with E-state index < -0.39 is 0 Å². The Morgan fingerprint density at radius 2 is 1.42 bits per heavy atom. The van der Waals surface area contributed by atoms with Crippen LogP contribution in [0.2, 0.25) is 0 Å². The Hall–Kier alpha value is -1.14. The summed E-state index contributed by atoms with van der Waals surface area (Å²) in [5, 5.41) is 0. The minimum atomic E-state index is 0.547.